The molecule has 0 unspecified atom stereocenters. The second-order valence-electron chi connectivity index (χ2n) is 5.83. The van der Waals surface area contributed by atoms with Crippen LogP contribution in [0.3, 0.4) is 0 Å². The van der Waals surface area contributed by atoms with Crippen LogP contribution >= 0.6 is 15.9 Å². The second kappa shape index (κ2) is 7.10. The van der Waals surface area contributed by atoms with Gasteiger partial charge in [-0.3, -0.25) is 0 Å². The maximum Gasteiger partial charge on any atom is 0.435 e. The van der Waals surface area contributed by atoms with Gasteiger partial charge in [0.2, 0.25) is 12.6 Å². The van der Waals surface area contributed by atoms with Crippen molar-refractivity contribution in [2.24, 2.45) is 0 Å². The standard InChI is InChI=1S/C17H13BrF3N5O3/c1-2-27-16-15(23-3-4-24-16)26-14(22)11(13(25-26)17(19,20)21)8-5-9(18)12-10(6-8)28-7-29-12/h3-6H,2,7,22H2,1H3. The molecule has 8 nitrogen and oxygen atoms in total. The van der Waals surface area contributed by atoms with Crippen molar-refractivity contribution in [3.05, 3.63) is 34.7 Å². The summed E-state index contributed by atoms with van der Waals surface area (Å²) >= 11 is 3.28. The molecule has 0 spiro atoms. The van der Waals surface area contributed by atoms with Crippen molar-refractivity contribution in [3.63, 3.8) is 0 Å². The van der Waals surface area contributed by atoms with Gasteiger partial charge in [-0.05, 0) is 40.5 Å². The second-order valence-corrected chi connectivity index (χ2v) is 6.68. The van der Waals surface area contributed by atoms with Gasteiger partial charge in [-0.1, -0.05) is 0 Å². The van der Waals surface area contributed by atoms with E-state index in [1.807, 2.05) is 0 Å². The van der Waals surface area contributed by atoms with Crippen LogP contribution in [0.1, 0.15) is 12.6 Å². The molecule has 29 heavy (non-hydrogen) atoms. The Bertz CT molecular complexity index is 1090. The van der Waals surface area contributed by atoms with Crippen molar-refractivity contribution in [2.75, 3.05) is 19.1 Å². The molecule has 152 valence electrons. The summed E-state index contributed by atoms with van der Waals surface area (Å²) < 4.78 is 58.6. The Morgan fingerprint density at radius 2 is 2.00 bits per heavy atom. The van der Waals surface area contributed by atoms with Crippen LogP contribution in [-0.2, 0) is 6.18 Å². The number of aromatic nitrogens is 4. The van der Waals surface area contributed by atoms with Gasteiger partial charge in [-0.25, -0.2) is 9.97 Å². The third-order valence-electron chi connectivity index (χ3n) is 4.03. The number of hydrogen-bond acceptors (Lipinski definition) is 7. The number of benzene rings is 1. The summed E-state index contributed by atoms with van der Waals surface area (Å²) in [5, 5.41) is 3.69. The maximum absolute atomic E-state index is 13.8. The highest BCUT2D eigenvalue weighted by Crippen LogP contribution is 2.47. The number of halogens is 4. The van der Waals surface area contributed by atoms with E-state index in [-0.39, 0.29) is 42.0 Å². The fourth-order valence-corrected chi connectivity index (χ4v) is 3.45. The Morgan fingerprint density at radius 1 is 1.24 bits per heavy atom. The molecular weight excluding hydrogens is 459 g/mol. The molecule has 4 rings (SSSR count). The molecule has 0 aliphatic carbocycles. The van der Waals surface area contributed by atoms with E-state index in [4.69, 9.17) is 19.9 Å². The van der Waals surface area contributed by atoms with E-state index in [2.05, 4.69) is 31.0 Å². The zero-order chi connectivity index (χ0) is 20.8. The van der Waals surface area contributed by atoms with Crippen molar-refractivity contribution >= 4 is 21.7 Å². The minimum absolute atomic E-state index is 0.0105. The summed E-state index contributed by atoms with van der Waals surface area (Å²) in [6.45, 7) is 1.91. The molecule has 0 saturated carbocycles. The lowest BCUT2D eigenvalue weighted by atomic mass is 10.0. The molecule has 0 atom stereocenters. The monoisotopic (exact) mass is 471 g/mol. The highest BCUT2D eigenvalue weighted by Gasteiger charge is 2.40. The largest absolute Gasteiger partial charge is 0.475 e. The minimum atomic E-state index is -4.77. The number of hydrogen-bond donors (Lipinski definition) is 1. The molecule has 0 saturated heterocycles. The third kappa shape index (κ3) is 3.33. The highest BCUT2D eigenvalue weighted by atomic mass is 79.9. The first-order chi connectivity index (χ1) is 13.8. The Hall–Kier alpha value is -3.02. The van der Waals surface area contributed by atoms with Crippen LogP contribution in [0, 0.1) is 0 Å². The predicted molar refractivity (Wildman–Crippen MR) is 99.0 cm³/mol. The summed E-state index contributed by atoms with van der Waals surface area (Å²) in [6, 6.07) is 2.88. The number of rotatable bonds is 4. The minimum Gasteiger partial charge on any atom is -0.475 e. The van der Waals surface area contributed by atoms with Crippen molar-refractivity contribution in [1.82, 2.24) is 19.7 Å². The van der Waals surface area contributed by atoms with E-state index >= 15 is 0 Å². The van der Waals surface area contributed by atoms with Gasteiger partial charge in [0.25, 0.3) is 5.88 Å². The summed E-state index contributed by atoms with van der Waals surface area (Å²) in [5.41, 5.74) is 4.78. The molecule has 2 aromatic heterocycles. The van der Waals surface area contributed by atoms with Gasteiger partial charge >= 0.3 is 6.18 Å². The number of anilines is 1. The van der Waals surface area contributed by atoms with E-state index in [0.29, 0.717) is 16.0 Å². The fraction of sp³-hybridized carbons (Fsp3) is 0.235. The molecule has 3 aromatic rings. The highest BCUT2D eigenvalue weighted by molar-refractivity contribution is 9.10. The Labute approximate surface area is 170 Å². The van der Waals surface area contributed by atoms with Crippen LogP contribution < -0.4 is 19.9 Å². The molecule has 1 aliphatic rings. The van der Waals surface area contributed by atoms with Gasteiger partial charge < -0.3 is 19.9 Å². The number of nitrogens with zero attached hydrogens (tertiary/aromatic N) is 4. The SMILES string of the molecule is CCOc1nccnc1-n1nc(C(F)(F)F)c(-c2cc(Br)c3c(c2)OCO3)c1N. The smallest absolute Gasteiger partial charge is 0.435 e. The third-order valence-corrected chi connectivity index (χ3v) is 4.62. The topological polar surface area (TPSA) is 97.3 Å². The fourth-order valence-electron chi connectivity index (χ4n) is 2.89. The maximum atomic E-state index is 13.8. The van der Waals surface area contributed by atoms with Gasteiger partial charge in [-0.15, -0.1) is 0 Å². The van der Waals surface area contributed by atoms with Gasteiger partial charge in [0.1, 0.15) is 5.82 Å². The van der Waals surface area contributed by atoms with Gasteiger partial charge in [0.05, 0.1) is 16.6 Å². The summed E-state index contributed by atoms with van der Waals surface area (Å²) in [6.07, 6.45) is -2.11. The number of fused-ring (bicyclic) bond motifs is 1. The first-order valence-electron chi connectivity index (χ1n) is 8.30. The van der Waals surface area contributed by atoms with Crippen LogP contribution in [0.5, 0.6) is 17.4 Å². The molecular formula is C17H13BrF3N5O3. The molecule has 1 aromatic carbocycles. The molecule has 0 radical (unpaired) electrons. The lowest BCUT2D eigenvalue weighted by Crippen LogP contribution is -2.10. The average molecular weight is 472 g/mol. The van der Waals surface area contributed by atoms with Crippen LogP contribution in [0.4, 0.5) is 19.0 Å². The Balaban J connectivity index is 1.95. The first-order valence-corrected chi connectivity index (χ1v) is 9.10. The first kappa shape index (κ1) is 19.3. The predicted octanol–water partition coefficient (Wildman–Crippen LogP) is 3.82. The molecule has 3 heterocycles. The van der Waals surface area contributed by atoms with Crippen LogP contribution in [-0.4, -0.2) is 33.1 Å². The van der Waals surface area contributed by atoms with Gasteiger partial charge in [-0.2, -0.15) is 23.0 Å². The zero-order valence-corrected chi connectivity index (χ0v) is 16.4. The van der Waals surface area contributed by atoms with Crippen molar-refractivity contribution in [1.29, 1.82) is 0 Å². The molecule has 0 amide bonds. The summed E-state index contributed by atoms with van der Waals surface area (Å²) in [5.74, 6) is 0.384. The molecule has 1 aliphatic heterocycles. The lowest BCUT2D eigenvalue weighted by Gasteiger charge is -2.10. The number of nitrogen functional groups attached to an aromatic ring is 1. The molecule has 12 heteroatoms. The summed E-state index contributed by atoms with van der Waals surface area (Å²) in [7, 11) is 0. The van der Waals surface area contributed by atoms with E-state index in [1.54, 1.807) is 6.92 Å². The molecule has 0 bridgehead atoms. The number of nitrogens with two attached hydrogens (primary N) is 1. The molecule has 2 N–H and O–H groups in total. The van der Waals surface area contributed by atoms with Crippen LogP contribution in [0.25, 0.3) is 16.9 Å². The van der Waals surface area contributed by atoms with Gasteiger partial charge in [0, 0.05) is 12.4 Å². The van der Waals surface area contributed by atoms with E-state index in [0.717, 1.165) is 4.68 Å². The van der Waals surface area contributed by atoms with Crippen molar-refractivity contribution < 1.29 is 27.4 Å². The Kier molecular flexibility index (Phi) is 4.73. The lowest BCUT2D eigenvalue weighted by molar-refractivity contribution is -0.140. The van der Waals surface area contributed by atoms with E-state index in [1.165, 1.54) is 24.5 Å². The number of ether oxygens (including phenoxy) is 3. The van der Waals surface area contributed by atoms with E-state index in [9.17, 15) is 13.2 Å². The zero-order valence-electron chi connectivity index (χ0n) is 14.8. The Morgan fingerprint density at radius 3 is 2.72 bits per heavy atom. The normalized spacial score (nSPS) is 13.0. The summed E-state index contributed by atoms with van der Waals surface area (Å²) in [4.78, 5) is 8.04. The molecule has 0 fully saturated rings. The van der Waals surface area contributed by atoms with Crippen molar-refractivity contribution in [3.8, 4) is 34.3 Å². The quantitative estimate of drug-likeness (QED) is 0.617. The van der Waals surface area contributed by atoms with Gasteiger partial charge in [0.15, 0.2) is 17.2 Å². The number of alkyl halides is 3. The average Bonchev–Trinajstić information content (AvgIpc) is 3.27. The van der Waals surface area contributed by atoms with Crippen LogP contribution in [0.2, 0.25) is 0 Å². The van der Waals surface area contributed by atoms with Crippen LogP contribution in [0.15, 0.2) is 29.0 Å². The van der Waals surface area contributed by atoms with E-state index < -0.39 is 11.9 Å². The van der Waals surface area contributed by atoms with Crippen molar-refractivity contribution in [2.45, 2.75) is 13.1 Å².